The number of nitrogens with two attached hydrogens (primary N) is 1. The zero-order chi connectivity index (χ0) is 12.4. The van der Waals surface area contributed by atoms with Gasteiger partial charge in [-0.1, -0.05) is 37.1 Å². The maximum atomic E-state index is 6.16. The second-order valence-corrected chi connectivity index (χ2v) is 5.37. The summed E-state index contributed by atoms with van der Waals surface area (Å²) in [5.74, 6) is 0.747. The molecule has 1 aromatic carbocycles. The second kappa shape index (κ2) is 5.01. The Bertz CT molecular complexity index is 447. The number of guanidine groups is 1. The van der Waals surface area contributed by atoms with Crippen LogP contribution < -0.4 is 5.73 Å². The Kier molecular flexibility index (Phi) is 3.22. The first-order valence-corrected chi connectivity index (χ1v) is 6.98. The van der Waals surface area contributed by atoms with Crippen LogP contribution in [0.4, 0.5) is 0 Å². The highest BCUT2D eigenvalue weighted by Gasteiger charge is 2.19. The van der Waals surface area contributed by atoms with Crippen LogP contribution in [0.5, 0.6) is 0 Å². The Morgan fingerprint density at radius 1 is 1.17 bits per heavy atom. The van der Waals surface area contributed by atoms with E-state index in [4.69, 9.17) is 10.7 Å². The number of hydrogen-bond donors (Lipinski definition) is 1. The minimum atomic E-state index is 0.474. The van der Waals surface area contributed by atoms with E-state index in [1.54, 1.807) is 0 Å². The number of rotatable bonds is 1. The topological polar surface area (TPSA) is 41.6 Å². The molecule has 0 amide bonds. The van der Waals surface area contributed by atoms with Gasteiger partial charge in [0, 0.05) is 13.1 Å². The third-order valence-electron chi connectivity index (χ3n) is 4.09. The van der Waals surface area contributed by atoms with Crippen LogP contribution in [0.15, 0.2) is 29.3 Å². The van der Waals surface area contributed by atoms with Gasteiger partial charge in [0.15, 0.2) is 5.96 Å². The molecule has 3 heteroatoms. The monoisotopic (exact) mass is 243 g/mol. The summed E-state index contributed by atoms with van der Waals surface area (Å²) in [5, 5.41) is 0. The van der Waals surface area contributed by atoms with Crippen molar-refractivity contribution in [2.75, 3.05) is 6.54 Å². The highest BCUT2D eigenvalue weighted by Crippen LogP contribution is 2.22. The lowest BCUT2D eigenvalue weighted by Crippen LogP contribution is -2.41. The van der Waals surface area contributed by atoms with Crippen LogP contribution in [0.2, 0.25) is 0 Å². The zero-order valence-corrected chi connectivity index (χ0v) is 10.8. The molecule has 2 N–H and O–H groups in total. The average molecular weight is 243 g/mol. The van der Waals surface area contributed by atoms with E-state index in [9.17, 15) is 0 Å². The summed E-state index contributed by atoms with van der Waals surface area (Å²) in [4.78, 5) is 6.92. The van der Waals surface area contributed by atoms with E-state index in [1.165, 1.54) is 36.8 Å². The molecule has 3 nitrogen and oxygen atoms in total. The van der Waals surface area contributed by atoms with Gasteiger partial charge in [-0.3, -0.25) is 0 Å². The number of fused-ring (bicyclic) bond motifs is 1. The fourth-order valence-electron chi connectivity index (χ4n) is 2.99. The average Bonchev–Trinajstić information content (AvgIpc) is 2.91. The third-order valence-corrected chi connectivity index (χ3v) is 4.09. The van der Waals surface area contributed by atoms with E-state index in [0.717, 1.165) is 25.5 Å². The van der Waals surface area contributed by atoms with Gasteiger partial charge in [0.1, 0.15) is 0 Å². The van der Waals surface area contributed by atoms with Crippen molar-refractivity contribution in [3.63, 3.8) is 0 Å². The summed E-state index contributed by atoms with van der Waals surface area (Å²) in [6.07, 6.45) is 6.13. The number of nitrogens with zero attached hydrogens (tertiary/aromatic N) is 2. The van der Waals surface area contributed by atoms with Gasteiger partial charge in [-0.25, -0.2) is 4.99 Å². The molecular weight excluding hydrogens is 222 g/mol. The Morgan fingerprint density at radius 3 is 2.67 bits per heavy atom. The Morgan fingerprint density at radius 2 is 1.89 bits per heavy atom. The summed E-state index contributed by atoms with van der Waals surface area (Å²) in [6, 6.07) is 9.11. The normalized spacial score (nSPS) is 21.1. The highest BCUT2D eigenvalue weighted by molar-refractivity contribution is 5.78. The summed E-state index contributed by atoms with van der Waals surface area (Å²) < 4.78 is 0. The Hall–Kier alpha value is -1.51. The minimum Gasteiger partial charge on any atom is -0.370 e. The van der Waals surface area contributed by atoms with Gasteiger partial charge in [0.2, 0.25) is 0 Å². The molecule has 3 rings (SSSR count). The van der Waals surface area contributed by atoms with Crippen molar-refractivity contribution in [1.82, 2.24) is 4.90 Å². The van der Waals surface area contributed by atoms with Gasteiger partial charge >= 0.3 is 0 Å². The van der Waals surface area contributed by atoms with Crippen LogP contribution in [0, 0.1) is 0 Å². The fourth-order valence-corrected chi connectivity index (χ4v) is 2.99. The number of aliphatic imine (C=N–C) groups is 1. The third kappa shape index (κ3) is 2.35. The quantitative estimate of drug-likeness (QED) is 0.607. The molecule has 0 saturated heterocycles. The largest absolute Gasteiger partial charge is 0.370 e. The zero-order valence-electron chi connectivity index (χ0n) is 10.8. The van der Waals surface area contributed by atoms with Gasteiger partial charge in [0.05, 0.1) is 6.04 Å². The van der Waals surface area contributed by atoms with Crippen LogP contribution in [-0.4, -0.2) is 23.4 Å². The molecule has 0 bridgehead atoms. The second-order valence-electron chi connectivity index (χ2n) is 5.37. The van der Waals surface area contributed by atoms with Gasteiger partial charge < -0.3 is 10.6 Å². The van der Waals surface area contributed by atoms with Gasteiger partial charge in [-0.05, 0) is 30.4 Å². The predicted octanol–water partition coefficient (Wildman–Crippen LogP) is 2.30. The molecule has 0 unspecified atom stereocenters. The standard InChI is InChI=1S/C15H21N3/c16-15(17-14-7-3-4-8-14)18-10-9-12-5-1-2-6-13(12)11-18/h1-2,5-6,14H,3-4,7-11H2,(H2,16,17). The predicted molar refractivity (Wildman–Crippen MR) is 74.4 cm³/mol. The first kappa shape index (κ1) is 11.6. The summed E-state index contributed by atoms with van der Waals surface area (Å²) in [5.41, 5.74) is 9.02. The lowest BCUT2D eigenvalue weighted by molar-refractivity contribution is 0.386. The maximum absolute atomic E-state index is 6.16. The van der Waals surface area contributed by atoms with Gasteiger partial charge in [0.25, 0.3) is 0 Å². The smallest absolute Gasteiger partial charge is 0.191 e. The van der Waals surface area contributed by atoms with Crippen molar-refractivity contribution in [2.45, 2.75) is 44.7 Å². The summed E-state index contributed by atoms with van der Waals surface area (Å²) in [6.45, 7) is 1.91. The van der Waals surface area contributed by atoms with Crippen LogP contribution >= 0.6 is 0 Å². The van der Waals surface area contributed by atoms with Crippen LogP contribution in [0.1, 0.15) is 36.8 Å². The maximum Gasteiger partial charge on any atom is 0.191 e. The van der Waals surface area contributed by atoms with E-state index in [0.29, 0.717) is 6.04 Å². The molecule has 1 aromatic rings. The molecule has 0 atom stereocenters. The highest BCUT2D eigenvalue weighted by atomic mass is 15.3. The fraction of sp³-hybridized carbons (Fsp3) is 0.533. The molecule has 0 aromatic heterocycles. The molecule has 0 spiro atoms. The minimum absolute atomic E-state index is 0.474. The molecular formula is C15H21N3. The van der Waals surface area contributed by atoms with Gasteiger partial charge in [-0.15, -0.1) is 0 Å². The van der Waals surface area contributed by atoms with E-state index < -0.39 is 0 Å². The molecule has 18 heavy (non-hydrogen) atoms. The molecule has 1 aliphatic carbocycles. The number of benzene rings is 1. The lowest BCUT2D eigenvalue weighted by Gasteiger charge is -2.30. The van der Waals surface area contributed by atoms with Crippen LogP contribution in [0.3, 0.4) is 0 Å². The van der Waals surface area contributed by atoms with Crippen LogP contribution in [-0.2, 0) is 13.0 Å². The van der Waals surface area contributed by atoms with Gasteiger partial charge in [-0.2, -0.15) is 0 Å². The number of hydrogen-bond acceptors (Lipinski definition) is 1. The molecule has 1 saturated carbocycles. The van der Waals surface area contributed by atoms with Crippen molar-refractivity contribution >= 4 is 5.96 Å². The van der Waals surface area contributed by atoms with E-state index in [1.807, 2.05) is 0 Å². The molecule has 96 valence electrons. The van der Waals surface area contributed by atoms with Crippen molar-refractivity contribution in [2.24, 2.45) is 10.7 Å². The van der Waals surface area contributed by atoms with Crippen molar-refractivity contribution in [3.05, 3.63) is 35.4 Å². The van der Waals surface area contributed by atoms with E-state index >= 15 is 0 Å². The molecule has 2 aliphatic rings. The lowest BCUT2D eigenvalue weighted by atomic mass is 10.0. The summed E-state index contributed by atoms with van der Waals surface area (Å²) in [7, 11) is 0. The SMILES string of the molecule is NC(=NC1CCCC1)N1CCc2ccccc2C1. The van der Waals surface area contributed by atoms with E-state index in [2.05, 4.69) is 29.2 Å². The first-order chi connectivity index (χ1) is 8.83. The molecule has 1 fully saturated rings. The first-order valence-electron chi connectivity index (χ1n) is 6.98. The molecule has 1 aliphatic heterocycles. The van der Waals surface area contributed by atoms with Crippen molar-refractivity contribution in [1.29, 1.82) is 0 Å². The Balaban J connectivity index is 1.71. The van der Waals surface area contributed by atoms with Crippen LogP contribution in [0.25, 0.3) is 0 Å². The van der Waals surface area contributed by atoms with Crippen molar-refractivity contribution < 1.29 is 0 Å². The molecule has 0 radical (unpaired) electrons. The van der Waals surface area contributed by atoms with Crippen molar-refractivity contribution in [3.8, 4) is 0 Å². The Labute approximate surface area is 109 Å². The molecule has 1 heterocycles. The summed E-state index contributed by atoms with van der Waals surface area (Å²) >= 11 is 0. The van der Waals surface area contributed by atoms with E-state index in [-0.39, 0.29) is 0 Å².